The van der Waals surface area contributed by atoms with Gasteiger partial charge in [-0.2, -0.15) is 0 Å². The zero-order chi connectivity index (χ0) is 18.1. The van der Waals surface area contributed by atoms with Crippen molar-refractivity contribution in [2.24, 2.45) is 0 Å². The number of hydrogen-bond acceptors (Lipinski definition) is 5. The molecule has 0 bridgehead atoms. The molecular formula is C20H29NO4. The molecule has 2 rings (SSSR count). The molecule has 0 heterocycles. The second-order valence-corrected chi connectivity index (χ2v) is 6.45. The normalized spacial score (nSPS) is 15.4. The lowest BCUT2D eigenvalue weighted by Crippen LogP contribution is -2.32. The minimum atomic E-state index is -0.600. The minimum absolute atomic E-state index is 0.0258. The Labute approximate surface area is 150 Å². The first kappa shape index (κ1) is 19.5. The average Bonchev–Trinajstić information content (AvgIpc) is 2.64. The second-order valence-electron chi connectivity index (χ2n) is 6.45. The van der Waals surface area contributed by atoms with Gasteiger partial charge in [-0.1, -0.05) is 11.6 Å². The summed E-state index contributed by atoms with van der Waals surface area (Å²) in [6.45, 7) is 3.04. The van der Waals surface area contributed by atoms with Gasteiger partial charge in [0.05, 0.1) is 7.11 Å². The van der Waals surface area contributed by atoms with Gasteiger partial charge in [-0.3, -0.25) is 4.79 Å². The first-order valence-corrected chi connectivity index (χ1v) is 8.98. The van der Waals surface area contributed by atoms with Gasteiger partial charge in [0.2, 0.25) is 0 Å². The predicted octanol–water partition coefficient (Wildman–Crippen LogP) is 3.12. The van der Waals surface area contributed by atoms with Gasteiger partial charge in [0.15, 0.2) is 17.3 Å². The second kappa shape index (κ2) is 10.2. The van der Waals surface area contributed by atoms with E-state index in [4.69, 9.17) is 9.47 Å². The highest BCUT2D eigenvalue weighted by Gasteiger charge is 2.11. The maximum Gasteiger partial charge on any atom is 0.161 e. The summed E-state index contributed by atoms with van der Waals surface area (Å²) in [6.07, 6.45) is 7.82. The number of benzene rings is 1. The van der Waals surface area contributed by atoms with Crippen molar-refractivity contribution >= 4 is 5.78 Å². The summed E-state index contributed by atoms with van der Waals surface area (Å²) < 4.78 is 10.9. The lowest BCUT2D eigenvalue weighted by molar-refractivity contribution is 0.101. The van der Waals surface area contributed by atoms with Gasteiger partial charge in [-0.25, -0.2) is 0 Å². The van der Waals surface area contributed by atoms with Crippen molar-refractivity contribution in [2.45, 2.75) is 45.1 Å². The Hall–Kier alpha value is -1.85. The summed E-state index contributed by atoms with van der Waals surface area (Å²) in [5.74, 6) is 0.998. The van der Waals surface area contributed by atoms with E-state index < -0.39 is 6.10 Å². The van der Waals surface area contributed by atoms with Gasteiger partial charge in [0, 0.05) is 12.1 Å². The number of aliphatic hydroxyl groups excluding tert-OH is 1. The number of rotatable bonds is 10. The van der Waals surface area contributed by atoms with Crippen LogP contribution in [0.2, 0.25) is 0 Å². The molecule has 5 nitrogen and oxygen atoms in total. The van der Waals surface area contributed by atoms with Crippen LogP contribution in [0.4, 0.5) is 0 Å². The van der Waals surface area contributed by atoms with Gasteiger partial charge in [-0.05, 0) is 63.8 Å². The van der Waals surface area contributed by atoms with Gasteiger partial charge in [0.25, 0.3) is 0 Å². The van der Waals surface area contributed by atoms with Crippen LogP contribution in [0.5, 0.6) is 11.5 Å². The molecule has 1 aliphatic carbocycles. The van der Waals surface area contributed by atoms with Gasteiger partial charge < -0.3 is 19.9 Å². The van der Waals surface area contributed by atoms with Crippen molar-refractivity contribution in [2.75, 3.05) is 26.8 Å². The number of ketones is 1. The summed E-state index contributed by atoms with van der Waals surface area (Å²) in [5, 5.41) is 13.3. The number of hydrogen-bond donors (Lipinski definition) is 2. The molecule has 2 N–H and O–H groups in total. The first-order valence-electron chi connectivity index (χ1n) is 8.98. The predicted molar refractivity (Wildman–Crippen MR) is 98.5 cm³/mol. The molecule has 138 valence electrons. The van der Waals surface area contributed by atoms with Crippen LogP contribution in [0.3, 0.4) is 0 Å². The van der Waals surface area contributed by atoms with Crippen LogP contribution in [0.1, 0.15) is 49.4 Å². The summed E-state index contributed by atoms with van der Waals surface area (Å²) in [4.78, 5) is 11.4. The van der Waals surface area contributed by atoms with E-state index in [0.717, 1.165) is 13.0 Å². The van der Waals surface area contributed by atoms with E-state index in [1.807, 2.05) is 0 Å². The highest BCUT2D eigenvalue weighted by Crippen LogP contribution is 2.28. The van der Waals surface area contributed by atoms with Gasteiger partial charge >= 0.3 is 0 Å². The van der Waals surface area contributed by atoms with Crippen LogP contribution in [0.15, 0.2) is 29.8 Å². The maximum absolute atomic E-state index is 11.4. The van der Waals surface area contributed by atoms with E-state index in [1.165, 1.54) is 45.3 Å². The summed E-state index contributed by atoms with van der Waals surface area (Å²) in [6, 6.07) is 5.05. The Bertz CT molecular complexity index is 597. The molecule has 0 fully saturated rings. The van der Waals surface area contributed by atoms with Crippen LogP contribution < -0.4 is 14.8 Å². The number of methoxy groups -OCH3 is 1. The number of Topliss-reactive ketones (excluding diaryl/α,β-unsaturated/α-hetero) is 1. The van der Waals surface area contributed by atoms with Crippen molar-refractivity contribution < 1.29 is 19.4 Å². The molecule has 0 saturated heterocycles. The zero-order valence-electron chi connectivity index (χ0n) is 15.2. The minimum Gasteiger partial charge on any atom is -0.493 e. The van der Waals surface area contributed by atoms with E-state index in [2.05, 4.69) is 11.4 Å². The number of aliphatic hydroxyl groups is 1. The molecule has 0 spiro atoms. The third-order valence-electron chi connectivity index (χ3n) is 4.39. The lowest BCUT2D eigenvalue weighted by atomic mass is 9.97. The fraction of sp³-hybridized carbons (Fsp3) is 0.550. The highest BCUT2D eigenvalue weighted by atomic mass is 16.5. The fourth-order valence-electron chi connectivity index (χ4n) is 2.90. The van der Waals surface area contributed by atoms with Crippen LogP contribution >= 0.6 is 0 Å². The van der Waals surface area contributed by atoms with Crippen molar-refractivity contribution in [3.05, 3.63) is 35.4 Å². The Morgan fingerprint density at radius 3 is 2.84 bits per heavy atom. The number of ether oxygens (including phenoxy) is 2. The molecule has 0 radical (unpaired) electrons. The molecular weight excluding hydrogens is 318 g/mol. The van der Waals surface area contributed by atoms with Crippen LogP contribution in [0, 0.1) is 0 Å². The number of carbonyl (C=O) groups is 1. The van der Waals surface area contributed by atoms with Crippen molar-refractivity contribution in [1.82, 2.24) is 5.32 Å². The maximum atomic E-state index is 11.4. The van der Waals surface area contributed by atoms with E-state index in [-0.39, 0.29) is 12.4 Å². The van der Waals surface area contributed by atoms with Crippen LogP contribution in [-0.4, -0.2) is 43.8 Å². The molecule has 0 aromatic heterocycles. The summed E-state index contributed by atoms with van der Waals surface area (Å²) in [5.41, 5.74) is 2.10. The topological polar surface area (TPSA) is 67.8 Å². The van der Waals surface area contributed by atoms with E-state index in [0.29, 0.717) is 23.6 Å². The van der Waals surface area contributed by atoms with Gasteiger partial charge in [0.1, 0.15) is 12.7 Å². The Morgan fingerprint density at radius 1 is 1.32 bits per heavy atom. The fourth-order valence-corrected chi connectivity index (χ4v) is 2.90. The molecule has 1 atom stereocenters. The van der Waals surface area contributed by atoms with E-state index >= 15 is 0 Å². The molecule has 5 heteroatoms. The monoisotopic (exact) mass is 347 g/mol. The highest BCUT2D eigenvalue weighted by molar-refractivity contribution is 5.94. The molecule has 1 unspecified atom stereocenters. The molecule has 25 heavy (non-hydrogen) atoms. The van der Waals surface area contributed by atoms with Crippen molar-refractivity contribution in [3.63, 3.8) is 0 Å². The molecule has 1 aromatic carbocycles. The van der Waals surface area contributed by atoms with Gasteiger partial charge in [-0.15, -0.1) is 0 Å². The Balaban J connectivity index is 1.71. The van der Waals surface area contributed by atoms with Crippen molar-refractivity contribution in [1.29, 1.82) is 0 Å². The molecule has 1 aliphatic rings. The number of nitrogens with one attached hydrogen (secondary N) is 1. The van der Waals surface area contributed by atoms with E-state index in [1.54, 1.807) is 18.2 Å². The molecule has 0 aliphatic heterocycles. The Morgan fingerprint density at radius 2 is 2.16 bits per heavy atom. The average molecular weight is 347 g/mol. The lowest BCUT2D eigenvalue weighted by Gasteiger charge is -2.16. The third-order valence-corrected chi connectivity index (χ3v) is 4.39. The first-order chi connectivity index (χ1) is 12.1. The largest absolute Gasteiger partial charge is 0.493 e. The molecule has 1 aromatic rings. The smallest absolute Gasteiger partial charge is 0.161 e. The number of allylic oxidation sites excluding steroid dienone is 1. The SMILES string of the molecule is COc1cc(C(C)=O)ccc1OCC(O)CNCCC1=CCCCC1. The third kappa shape index (κ3) is 6.52. The Kier molecular flexibility index (Phi) is 7.95. The van der Waals surface area contributed by atoms with E-state index in [9.17, 15) is 9.90 Å². The number of carbonyl (C=O) groups excluding carboxylic acids is 1. The van der Waals surface area contributed by atoms with Crippen LogP contribution in [0.25, 0.3) is 0 Å². The van der Waals surface area contributed by atoms with Crippen LogP contribution in [-0.2, 0) is 0 Å². The summed E-state index contributed by atoms with van der Waals surface area (Å²) in [7, 11) is 1.53. The summed E-state index contributed by atoms with van der Waals surface area (Å²) >= 11 is 0. The van der Waals surface area contributed by atoms with Crippen molar-refractivity contribution in [3.8, 4) is 11.5 Å². The standard InChI is InChI=1S/C20H29NO4/c1-15(22)17-8-9-19(20(12-17)24-2)25-14-18(23)13-21-11-10-16-6-4-3-5-7-16/h6,8-9,12,18,21,23H,3-5,7,10-11,13-14H2,1-2H3. The quantitative estimate of drug-likeness (QED) is 0.387. The molecule has 0 saturated carbocycles. The molecule has 0 amide bonds. The zero-order valence-corrected chi connectivity index (χ0v) is 15.2.